The van der Waals surface area contributed by atoms with Crippen molar-refractivity contribution in [2.45, 2.75) is 32.6 Å². The van der Waals surface area contributed by atoms with Gasteiger partial charge in [-0.05, 0) is 49.8 Å². The van der Waals surface area contributed by atoms with Crippen LogP contribution in [-0.2, 0) is 12.8 Å². The van der Waals surface area contributed by atoms with Crippen molar-refractivity contribution in [3.63, 3.8) is 0 Å². The van der Waals surface area contributed by atoms with Crippen molar-refractivity contribution in [2.75, 3.05) is 0 Å². The first-order chi connectivity index (χ1) is 8.26. The van der Waals surface area contributed by atoms with Crippen molar-refractivity contribution in [3.05, 3.63) is 34.9 Å². The summed E-state index contributed by atoms with van der Waals surface area (Å²) in [5, 5.41) is 24.0. The molecular formula is C13H16N2O2. The van der Waals surface area contributed by atoms with E-state index in [0.717, 1.165) is 18.4 Å². The Bertz CT molecular complexity index is 478. The van der Waals surface area contributed by atoms with Gasteiger partial charge in [-0.3, -0.25) is 0 Å². The molecule has 0 atom stereocenters. The van der Waals surface area contributed by atoms with Crippen molar-refractivity contribution >= 4 is 11.4 Å². The molecule has 4 nitrogen and oxygen atoms in total. The van der Waals surface area contributed by atoms with Crippen LogP contribution in [0, 0.1) is 0 Å². The van der Waals surface area contributed by atoms with Crippen LogP contribution in [-0.4, -0.2) is 21.8 Å². The predicted octanol–water partition coefficient (Wildman–Crippen LogP) is 2.59. The van der Waals surface area contributed by atoms with E-state index in [9.17, 15) is 0 Å². The minimum absolute atomic E-state index is 0.309. The van der Waals surface area contributed by atoms with Crippen molar-refractivity contribution in [3.8, 4) is 0 Å². The highest BCUT2D eigenvalue weighted by Gasteiger charge is 2.14. The SMILES string of the molecule is CC(=N\O)/C(=N\O)c1ccc2c(c1)CCCC2. The third-order valence-corrected chi connectivity index (χ3v) is 3.21. The molecule has 1 aliphatic carbocycles. The number of hydrogen-bond acceptors (Lipinski definition) is 4. The van der Waals surface area contributed by atoms with Gasteiger partial charge in [-0.2, -0.15) is 0 Å². The van der Waals surface area contributed by atoms with E-state index >= 15 is 0 Å². The second-order valence-corrected chi connectivity index (χ2v) is 4.32. The molecule has 0 aliphatic heterocycles. The monoisotopic (exact) mass is 232 g/mol. The third kappa shape index (κ3) is 2.30. The molecule has 0 radical (unpaired) electrons. The standard InChI is InChI=1S/C13H16N2O2/c1-9(14-16)13(15-17)12-7-6-10-4-2-3-5-11(10)8-12/h6-8,16-17H,2-5H2,1H3/b14-9+,15-13+. The summed E-state index contributed by atoms with van der Waals surface area (Å²) in [5.74, 6) is 0. The van der Waals surface area contributed by atoms with E-state index in [-0.39, 0.29) is 0 Å². The van der Waals surface area contributed by atoms with Crippen LogP contribution in [0.5, 0.6) is 0 Å². The summed E-state index contributed by atoms with van der Waals surface area (Å²) in [4.78, 5) is 0. The van der Waals surface area contributed by atoms with Gasteiger partial charge in [0, 0.05) is 5.56 Å². The van der Waals surface area contributed by atoms with E-state index < -0.39 is 0 Å². The summed E-state index contributed by atoms with van der Waals surface area (Å²) in [6, 6.07) is 6.01. The number of rotatable bonds is 2. The quantitative estimate of drug-likeness (QED) is 0.467. The topological polar surface area (TPSA) is 65.2 Å². The summed E-state index contributed by atoms with van der Waals surface area (Å²) in [7, 11) is 0. The molecule has 0 bridgehead atoms. The van der Waals surface area contributed by atoms with E-state index in [1.807, 2.05) is 12.1 Å². The van der Waals surface area contributed by atoms with Crippen LogP contribution < -0.4 is 0 Å². The van der Waals surface area contributed by atoms with Crippen LogP contribution >= 0.6 is 0 Å². The van der Waals surface area contributed by atoms with Gasteiger partial charge in [0.1, 0.15) is 11.4 Å². The maximum absolute atomic E-state index is 8.98. The predicted molar refractivity (Wildman–Crippen MR) is 66.3 cm³/mol. The average molecular weight is 232 g/mol. The summed E-state index contributed by atoms with van der Waals surface area (Å²) >= 11 is 0. The highest BCUT2D eigenvalue weighted by Crippen LogP contribution is 2.22. The zero-order chi connectivity index (χ0) is 12.3. The molecule has 1 aromatic carbocycles. The van der Waals surface area contributed by atoms with E-state index in [2.05, 4.69) is 16.4 Å². The molecule has 0 unspecified atom stereocenters. The van der Waals surface area contributed by atoms with Crippen molar-refractivity contribution in [2.24, 2.45) is 10.3 Å². The highest BCUT2D eigenvalue weighted by atomic mass is 16.4. The van der Waals surface area contributed by atoms with E-state index in [1.165, 1.54) is 24.0 Å². The molecule has 0 saturated heterocycles. The van der Waals surface area contributed by atoms with Crippen LogP contribution in [0.2, 0.25) is 0 Å². The number of fused-ring (bicyclic) bond motifs is 1. The van der Waals surface area contributed by atoms with Gasteiger partial charge in [0.05, 0.1) is 0 Å². The molecule has 2 N–H and O–H groups in total. The maximum atomic E-state index is 8.98. The second kappa shape index (κ2) is 4.99. The molecule has 0 fully saturated rings. The largest absolute Gasteiger partial charge is 0.411 e. The van der Waals surface area contributed by atoms with Crippen LogP contribution in [0.15, 0.2) is 28.5 Å². The van der Waals surface area contributed by atoms with Gasteiger partial charge in [-0.25, -0.2) is 0 Å². The number of aryl methyl sites for hydroxylation is 2. The molecule has 0 amide bonds. The zero-order valence-corrected chi connectivity index (χ0v) is 9.85. The molecule has 1 aliphatic rings. The number of hydrogen-bond donors (Lipinski definition) is 2. The lowest BCUT2D eigenvalue weighted by atomic mass is 9.89. The Kier molecular flexibility index (Phi) is 3.42. The lowest BCUT2D eigenvalue weighted by molar-refractivity contribution is 0.314. The van der Waals surface area contributed by atoms with Gasteiger partial charge < -0.3 is 10.4 Å². The summed E-state index contributed by atoms with van der Waals surface area (Å²) < 4.78 is 0. The fourth-order valence-corrected chi connectivity index (χ4v) is 2.27. The Morgan fingerprint density at radius 2 is 1.76 bits per heavy atom. The Morgan fingerprint density at radius 3 is 2.41 bits per heavy atom. The molecule has 90 valence electrons. The lowest BCUT2D eigenvalue weighted by Gasteiger charge is -2.16. The smallest absolute Gasteiger partial charge is 0.134 e. The van der Waals surface area contributed by atoms with Gasteiger partial charge in [0.2, 0.25) is 0 Å². The van der Waals surface area contributed by atoms with Gasteiger partial charge in [0.15, 0.2) is 0 Å². The van der Waals surface area contributed by atoms with Crippen LogP contribution in [0.25, 0.3) is 0 Å². The van der Waals surface area contributed by atoms with E-state index in [4.69, 9.17) is 10.4 Å². The molecule has 4 heteroatoms. The normalized spacial score (nSPS) is 16.8. The van der Waals surface area contributed by atoms with Gasteiger partial charge in [0.25, 0.3) is 0 Å². The molecular weight excluding hydrogens is 216 g/mol. The first-order valence-corrected chi connectivity index (χ1v) is 5.79. The summed E-state index contributed by atoms with van der Waals surface area (Å²) in [6.45, 7) is 1.61. The van der Waals surface area contributed by atoms with Crippen molar-refractivity contribution in [1.29, 1.82) is 0 Å². The lowest BCUT2D eigenvalue weighted by Crippen LogP contribution is -2.14. The van der Waals surface area contributed by atoms with Gasteiger partial charge >= 0.3 is 0 Å². The number of nitrogens with zero attached hydrogens (tertiary/aromatic N) is 2. The van der Waals surface area contributed by atoms with Crippen LogP contribution in [0.4, 0.5) is 0 Å². The Labute approximate surface area is 100 Å². The first-order valence-electron chi connectivity index (χ1n) is 5.79. The second-order valence-electron chi connectivity index (χ2n) is 4.32. The maximum Gasteiger partial charge on any atom is 0.134 e. The minimum Gasteiger partial charge on any atom is -0.411 e. The molecule has 2 rings (SSSR count). The van der Waals surface area contributed by atoms with E-state index in [0.29, 0.717) is 11.4 Å². The van der Waals surface area contributed by atoms with Crippen molar-refractivity contribution < 1.29 is 10.4 Å². The fourth-order valence-electron chi connectivity index (χ4n) is 2.27. The highest BCUT2D eigenvalue weighted by molar-refractivity contribution is 6.47. The Morgan fingerprint density at radius 1 is 1.06 bits per heavy atom. The van der Waals surface area contributed by atoms with Gasteiger partial charge in [-0.15, -0.1) is 0 Å². The van der Waals surface area contributed by atoms with Gasteiger partial charge in [-0.1, -0.05) is 22.4 Å². The average Bonchev–Trinajstić information content (AvgIpc) is 2.39. The Hall–Kier alpha value is -1.84. The zero-order valence-electron chi connectivity index (χ0n) is 9.85. The third-order valence-electron chi connectivity index (χ3n) is 3.21. The molecule has 0 spiro atoms. The van der Waals surface area contributed by atoms with Crippen molar-refractivity contribution in [1.82, 2.24) is 0 Å². The first kappa shape index (κ1) is 11.6. The number of oxime groups is 2. The molecule has 0 saturated carbocycles. The Balaban J connectivity index is 2.40. The summed E-state index contributed by atoms with van der Waals surface area (Å²) in [5.41, 5.74) is 4.10. The summed E-state index contributed by atoms with van der Waals surface area (Å²) in [6.07, 6.45) is 4.63. The van der Waals surface area contributed by atoms with Crippen LogP contribution in [0.1, 0.15) is 36.5 Å². The molecule has 1 aromatic rings. The van der Waals surface area contributed by atoms with Crippen LogP contribution in [0.3, 0.4) is 0 Å². The molecule has 0 aromatic heterocycles. The fraction of sp³-hybridized carbons (Fsp3) is 0.385. The molecule has 0 heterocycles. The van der Waals surface area contributed by atoms with E-state index in [1.54, 1.807) is 6.92 Å². The number of benzene rings is 1. The molecule has 17 heavy (non-hydrogen) atoms. The minimum atomic E-state index is 0.309.